The molecule has 0 bridgehead atoms. The van der Waals surface area contributed by atoms with Crippen molar-refractivity contribution in [3.05, 3.63) is 65.7 Å². The van der Waals surface area contributed by atoms with Crippen LogP contribution in [0.4, 0.5) is 0 Å². The van der Waals surface area contributed by atoms with Crippen LogP contribution in [-0.2, 0) is 11.3 Å². The van der Waals surface area contributed by atoms with E-state index in [0.29, 0.717) is 17.9 Å². The van der Waals surface area contributed by atoms with Crippen molar-refractivity contribution in [1.29, 1.82) is 0 Å². The van der Waals surface area contributed by atoms with Crippen molar-refractivity contribution in [3.63, 3.8) is 0 Å². The van der Waals surface area contributed by atoms with E-state index in [4.69, 9.17) is 4.74 Å². The zero-order valence-electron chi connectivity index (χ0n) is 16.4. The quantitative estimate of drug-likeness (QED) is 0.774. The lowest BCUT2D eigenvalue weighted by Crippen LogP contribution is -2.44. The van der Waals surface area contributed by atoms with Crippen LogP contribution in [-0.4, -0.2) is 35.4 Å². The molecule has 0 unspecified atom stereocenters. The molecule has 5 nitrogen and oxygen atoms in total. The van der Waals surface area contributed by atoms with E-state index in [2.05, 4.69) is 5.32 Å². The van der Waals surface area contributed by atoms with Gasteiger partial charge in [0.05, 0.1) is 0 Å². The molecule has 144 valence electrons. The molecule has 1 N–H and O–H groups in total. The molecule has 0 aliphatic carbocycles. The summed E-state index contributed by atoms with van der Waals surface area (Å²) in [5.74, 6) is 0.253. The lowest BCUT2D eigenvalue weighted by molar-refractivity contribution is -0.136. The summed E-state index contributed by atoms with van der Waals surface area (Å²) in [5, 5.41) is 2.89. The van der Waals surface area contributed by atoms with Crippen LogP contribution in [0.2, 0.25) is 0 Å². The lowest BCUT2D eigenvalue weighted by atomic mass is 10.2. The monoisotopic (exact) mass is 368 g/mol. The number of nitrogens with zero attached hydrogens (tertiary/aromatic N) is 1. The predicted molar refractivity (Wildman–Crippen MR) is 107 cm³/mol. The Labute approximate surface area is 161 Å². The van der Waals surface area contributed by atoms with Crippen LogP contribution in [0.5, 0.6) is 5.75 Å². The van der Waals surface area contributed by atoms with E-state index in [9.17, 15) is 9.59 Å². The summed E-state index contributed by atoms with van der Waals surface area (Å²) in [4.78, 5) is 26.5. The molecule has 0 spiro atoms. The second-order valence-electron chi connectivity index (χ2n) is 6.97. The number of nitrogens with one attached hydrogen (secondary N) is 1. The maximum Gasteiger partial charge on any atom is 0.260 e. The van der Waals surface area contributed by atoms with E-state index in [1.165, 1.54) is 0 Å². The van der Waals surface area contributed by atoms with Gasteiger partial charge in [-0.1, -0.05) is 36.4 Å². The Balaban J connectivity index is 1.94. The van der Waals surface area contributed by atoms with E-state index in [0.717, 1.165) is 5.56 Å². The molecule has 0 radical (unpaired) electrons. The highest BCUT2D eigenvalue weighted by Gasteiger charge is 2.20. The van der Waals surface area contributed by atoms with Crippen LogP contribution in [0.15, 0.2) is 54.6 Å². The Morgan fingerprint density at radius 2 is 1.63 bits per heavy atom. The molecule has 0 heterocycles. The fourth-order valence-electron chi connectivity index (χ4n) is 3.00. The van der Waals surface area contributed by atoms with Crippen molar-refractivity contribution in [2.45, 2.75) is 46.3 Å². The number of ether oxygens (including phenoxy) is 1. The van der Waals surface area contributed by atoms with E-state index in [-0.39, 0.29) is 30.5 Å². The molecular weight excluding hydrogens is 340 g/mol. The number of carbonyl (C=O) groups excluding carboxylic acids is 2. The Morgan fingerprint density at radius 1 is 0.963 bits per heavy atom. The van der Waals surface area contributed by atoms with Crippen molar-refractivity contribution in [2.24, 2.45) is 0 Å². The van der Waals surface area contributed by atoms with Crippen LogP contribution in [0.3, 0.4) is 0 Å². The fraction of sp³-hybridized carbons (Fsp3) is 0.364. The summed E-state index contributed by atoms with van der Waals surface area (Å²) < 4.78 is 5.63. The van der Waals surface area contributed by atoms with Gasteiger partial charge in [-0.05, 0) is 51.5 Å². The van der Waals surface area contributed by atoms with Crippen molar-refractivity contribution in [2.75, 3.05) is 6.61 Å². The number of benzene rings is 2. The molecule has 0 saturated carbocycles. The third kappa shape index (κ3) is 6.13. The molecule has 0 saturated heterocycles. The van der Waals surface area contributed by atoms with Gasteiger partial charge in [0.25, 0.3) is 11.8 Å². The van der Waals surface area contributed by atoms with E-state index in [1.54, 1.807) is 29.2 Å². The van der Waals surface area contributed by atoms with Gasteiger partial charge in [0.1, 0.15) is 5.75 Å². The number of hydrogen-bond acceptors (Lipinski definition) is 3. The topological polar surface area (TPSA) is 58.6 Å². The maximum absolute atomic E-state index is 12.4. The molecule has 2 amide bonds. The van der Waals surface area contributed by atoms with Crippen molar-refractivity contribution < 1.29 is 14.3 Å². The highest BCUT2D eigenvalue weighted by atomic mass is 16.5. The minimum atomic E-state index is -0.179. The second-order valence-corrected chi connectivity index (χ2v) is 6.97. The van der Waals surface area contributed by atoms with Gasteiger partial charge in [0, 0.05) is 24.2 Å². The van der Waals surface area contributed by atoms with Crippen molar-refractivity contribution in [1.82, 2.24) is 10.2 Å². The van der Waals surface area contributed by atoms with Crippen LogP contribution in [0.1, 0.15) is 43.6 Å². The Kier molecular flexibility index (Phi) is 7.41. The first-order chi connectivity index (χ1) is 12.9. The SMILES string of the molecule is CC(C)N(C(=O)COc1cccc(C(=O)NCc2ccccc2)c1)C(C)C. The summed E-state index contributed by atoms with van der Waals surface area (Å²) in [7, 11) is 0. The summed E-state index contributed by atoms with van der Waals surface area (Å²) in [5.41, 5.74) is 1.53. The Hall–Kier alpha value is -2.82. The van der Waals surface area contributed by atoms with Crippen LogP contribution in [0, 0.1) is 0 Å². The standard InChI is InChI=1S/C22H28N2O3/c1-16(2)24(17(3)4)21(25)15-27-20-12-8-11-19(13-20)22(26)23-14-18-9-6-5-7-10-18/h5-13,16-17H,14-15H2,1-4H3,(H,23,26). The van der Waals surface area contributed by atoms with Gasteiger partial charge in [-0.15, -0.1) is 0 Å². The number of hydrogen-bond donors (Lipinski definition) is 1. The molecular formula is C22H28N2O3. The smallest absolute Gasteiger partial charge is 0.260 e. The predicted octanol–water partition coefficient (Wildman–Crippen LogP) is 3.64. The molecule has 5 heteroatoms. The van der Waals surface area contributed by atoms with Crippen molar-refractivity contribution in [3.8, 4) is 5.75 Å². The van der Waals surface area contributed by atoms with Gasteiger partial charge < -0.3 is 15.0 Å². The number of amides is 2. The van der Waals surface area contributed by atoms with E-state index >= 15 is 0 Å². The average Bonchev–Trinajstić information content (AvgIpc) is 2.65. The molecule has 2 aromatic rings. The van der Waals surface area contributed by atoms with E-state index < -0.39 is 0 Å². The number of carbonyl (C=O) groups is 2. The molecule has 0 fully saturated rings. The summed E-state index contributed by atoms with van der Waals surface area (Å²) in [6.07, 6.45) is 0. The molecule has 0 aromatic heterocycles. The van der Waals surface area contributed by atoms with Gasteiger partial charge in [0.2, 0.25) is 0 Å². The van der Waals surface area contributed by atoms with Gasteiger partial charge in [-0.3, -0.25) is 9.59 Å². The molecule has 0 aliphatic rings. The summed E-state index contributed by atoms with van der Waals surface area (Å²) in [6.45, 7) is 8.34. The Morgan fingerprint density at radius 3 is 2.26 bits per heavy atom. The fourth-order valence-corrected chi connectivity index (χ4v) is 3.00. The lowest BCUT2D eigenvalue weighted by Gasteiger charge is -2.30. The first kappa shape index (κ1) is 20.5. The zero-order valence-corrected chi connectivity index (χ0v) is 16.4. The molecule has 2 aromatic carbocycles. The molecule has 0 aliphatic heterocycles. The number of rotatable bonds is 8. The highest BCUT2D eigenvalue weighted by Crippen LogP contribution is 2.14. The second kappa shape index (κ2) is 9.76. The zero-order chi connectivity index (χ0) is 19.8. The van der Waals surface area contributed by atoms with Gasteiger partial charge >= 0.3 is 0 Å². The van der Waals surface area contributed by atoms with Crippen LogP contribution in [0.25, 0.3) is 0 Å². The first-order valence-electron chi connectivity index (χ1n) is 9.24. The van der Waals surface area contributed by atoms with Gasteiger partial charge in [-0.2, -0.15) is 0 Å². The van der Waals surface area contributed by atoms with Gasteiger partial charge in [0.15, 0.2) is 6.61 Å². The summed E-state index contributed by atoms with van der Waals surface area (Å²) in [6, 6.07) is 16.8. The van der Waals surface area contributed by atoms with Gasteiger partial charge in [-0.25, -0.2) is 0 Å². The van der Waals surface area contributed by atoms with Crippen LogP contribution >= 0.6 is 0 Å². The highest BCUT2D eigenvalue weighted by molar-refractivity contribution is 5.94. The average molecular weight is 368 g/mol. The van der Waals surface area contributed by atoms with Crippen LogP contribution < -0.4 is 10.1 Å². The molecule has 0 atom stereocenters. The third-order valence-corrected chi connectivity index (χ3v) is 4.16. The molecule has 2 rings (SSSR count). The summed E-state index contributed by atoms with van der Waals surface area (Å²) >= 11 is 0. The maximum atomic E-state index is 12.4. The van der Waals surface area contributed by atoms with Crippen molar-refractivity contribution >= 4 is 11.8 Å². The normalized spacial score (nSPS) is 10.7. The first-order valence-corrected chi connectivity index (χ1v) is 9.24. The minimum Gasteiger partial charge on any atom is -0.484 e. The third-order valence-electron chi connectivity index (χ3n) is 4.16. The minimum absolute atomic E-state index is 0.0502. The van der Waals surface area contributed by atoms with E-state index in [1.807, 2.05) is 58.0 Å². The molecule has 27 heavy (non-hydrogen) atoms. The Bertz CT molecular complexity index is 749. The largest absolute Gasteiger partial charge is 0.484 e.